The topological polar surface area (TPSA) is 35.2 Å². The van der Waals surface area contributed by atoms with Gasteiger partial charge in [-0.15, -0.1) is 0 Å². The average molecular weight is 167 g/mol. The van der Waals surface area contributed by atoms with Gasteiger partial charge in [-0.05, 0) is 24.6 Å². The van der Waals surface area contributed by atoms with Crippen LogP contribution >= 0.6 is 0 Å². The predicted octanol–water partition coefficient (Wildman–Crippen LogP) is 1.53. The summed E-state index contributed by atoms with van der Waals surface area (Å²) in [6.45, 7) is 2.21. The maximum absolute atomic E-state index is 13.2. The molecule has 0 radical (unpaired) electrons. The zero-order valence-electron chi connectivity index (χ0n) is 6.80. The Bertz CT molecular complexity index is 325. The summed E-state index contributed by atoms with van der Waals surface area (Å²) in [5.41, 5.74) is 7.01. The number of halogens is 1. The molecule has 1 unspecified atom stereocenters. The van der Waals surface area contributed by atoms with Gasteiger partial charge in [-0.3, -0.25) is 0 Å². The second-order valence-electron chi connectivity index (χ2n) is 3.08. The van der Waals surface area contributed by atoms with Gasteiger partial charge in [0.1, 0.15) is 18.2 Å². The Balaban J connectivity index is 2.60. The zero-order valence-corrected chi connectivity index (χ0v) is 6.80. The second-order valence-corrected chi connectivity index (χ2v) is 3.08. The molecule has 0 fully saturated rings. The van der Waals surface area contributed by atoms with Crippen molar-refractivity contribution in [3.05, 3.63) is 29.1 Å². The smallest absolute Gasteiger partial charge is 0.132 e. The van der Waals surface area contributed by atoms with Crippen LogP contribution in [-0.2, 0) is 0 Å². The van der Waals surface area contributed by atoms with Crippen LogP contribution in [0.5, 0.6) is 5.75 Å². The molecule has 0 spiro atoms. The maximum Gasteiger partial charge on any atom is 0.132 e. The summed E-state index contributed by atoms with van der Waals surface area (Å²) in [4.78, 5) is 0. The van der Waals surface area contributed by atoms with Crippen molar-refractivity contribution in [2.24, 2.45) is 5.73 Å². The lowest BCUT2D eigenvalue weighted by Gasteiger charge is -2.03. The minimum absolute atomic E-state index is 0.255. The molecule has 1 heterocycles. The highest BCUT2D eigenvalue weighted by Crippen LogP contribution is 2.33. The summed E-state index contributed by atoms with van der Waals surface area (Å²) in [5, 5.41) is 0. The van der Waals surface area contributed by atoms with Crippen molar-refractivity contribution in [3.8, 4) is 5.75 Å². The number of aryl methyl sites for hydroxylation is 1. The zero-order chi connectivity index (χ0) is 8.72. The fraction of sp³-hybridized carbons (Fsp3) is 0.333. The van der Waals surface area contributed by atoms with E-state index in [1.807, 2.05) is 13.0 Å². The van der Waals surface area contributed by atoms with Crippen molar-refractivity contribution in [2.75, 3.05) is 6.61 Å². The van der Waals surface area contributed by atoms with Gasteiger partial charge in [0.05, 0.1) is 6.04 Å². The van der Waals surface area contributed by atoms with E-state index in [4.69, 9.17) is 10.5 Å². The highest BCUT2D eigenvalue weighted by Gasteiger charge is 2.24. The fourth-order valence-corrected chi connectivity index (χ4v) is 1.46. The second kappa shape index (κ2) is 2.45. The normalized spacial score (nSPS) is 20.4. The van der Waals surface area contributed by atoms with Crippen molar-refractivity contribution >= 4 is 0 Å². The molecule has 2 rings (SSSR count). The lowest BCUT2D eigenvalue weighted by molar-refractivity contribution is 0.333. The van der Waals surface area contributed by atoms with E-state index in [1.54, 1.807) is 0 Å². The molecule has 0 bridgehead atoms. The van der Waals surface area contributed by atoms with Crippen molar-refractivity contribution < 1.29 is 9.13 Å². The van der Waals surface area contributed by atoms with Gasteiger partial charge in [-0.25, -0.2) is 4.39 Å². The average Bonchev–Trinajstić information content (AvgIpc) is 2.31. The molecule has 0 aromatic heterocycles. The van der Waals surface area contributed by atoms with E-state index in [9.17, 15) is 4.39 Å². The Kier molecular flexibility index (Phi) is 1.54. The number of ether oxygens (including phenoxy) is 1. The molecule has 0 aliphatic carbocycles. The molecule has 12 heavy (non-hydrogen) atoms. The van der Waals surface area contributed by atoms with E-state index in [0.717, 1.165) is 5.56 Å². The standard InChI is InChI=1S/C9H10FNO/c1-5-2-6(10)9-7(11)4-12-8(9)3-5/h2-3,7H,4,11H2,1H3. The number of hydrogen-bond donors (Lipinski definition) is 1. The van der Waals surface area contributed by atoms with Crippen LogP contribution < -0.4 is 10.5 Å². The minimum atomic E-state index is -0.305. The third kappa shape index (κ3) is 0.975. The molecule has 0 saturated carbocycles. The van der Waals surface area contributed by atoms with E-state index in [1.165, 1.54) is 6.07 Å². The Hall–Kier alpha value is -1.09. The third-order valence-electron chi connectivity index (χ3n) is 2.03. The minimum Gasteiger partial charge on any atom is -0.491 e. The highest BCUT2D eigenvalue weighted by atomic mass is 19.1. The Morgan fingerprint density at radius 2 is 2.33 bits per heavy atom. The number of hydrogen-bond acceptors (Lipinski definition) is 2. The molecular formula is C9H10FNO. The van der Waals surface area contributed by atoms with Crippen LogP contribution in [0.4, 0.5) is 4.39 Å². The first-order valence-corrected chi connectivity index (χ1v) is 3.87. The molecule has 0 saturated heterocycles. The molecule has 1 atom stereocenters. The van der Waals surface area contributed by atoms with Gasteiger partial charge in [0.25, 0.3) is 0 Å². The molecule has 64 valence electrons. The summed E-state index contributed by atoms with van der Waals surface area (Å²) in [5.74, 6) is 0.343. The predicted molar refractivity (Wildman–Crippen MR) is 43.6 cm³/mol. The van der Waals surface area contributed by atoms with Crippen LogP contribution in [-0.4, -0.2) is 6.61 Å². The Labute approximate surface area is 70.1 Å². The van der Waals surface area contributed by atoms with Crippen molar-refractivity contribution in [2.45, 2.75) is 13.0 Å². The molecule has 1 aliphatic rings. The van der Waals surface area contributed by atoms with Crippen molar-refractivity contribution in [3.63, 3.8) is 0 Å². The van der Waals surface area contributed by atoms with Gasteiger partial charge in [-0.2, -0.15) is 0 Å². The van der Waals surface area contributed by atoms with E-state index >= 15 is 0 Å². The quantitative estimate of drug-likeness (QED) is 0.636. The molecule has 1 aliphatic heterocycles. The van der Waals surface area contributed by atoms with Crippen LogP contribution in [0, 0.1) is 12.7 Å². The van der Waals surface area contributed by atoms with Gasteiger partial charge in [0, 0.05) is 5.56 Å². The van der Waals surface area contributed by atoms with Crippen LogP contribution in [0.1, 0.15) is 17.2 Å². The summed E-state index contributed by atoms with van der Waals surface area (Å²) < 4.78 is 18.4. The lowest BCUT2D eigenvalue weighted by Crippen LogP contribution is -2.12. The molecule has 1 aromatic carbocycles. The van der Waals surface area contributed by atoms with Gasteiger partial charge >= 0.3 is 0 Å². The monoisotopic (exact) mass is 167 g/mol. The Morgan fingerprint density at radius 1 is 1.58 bits per heavy atom. The van der Waals surface area contributed by atoms with Crippen LogP contribution in [0.2, 0.25) is 0 Å². The van der Waals surface area contributed by atoms with Crippen LogP contribution in [0.25, 0.3) is 0 Å². The first-order chi connectivity index (χ1) is 5.68. The molecule has 2 nitrogen and oxygen atoms in total. The van der Waals surface area contributed by atoms with Crippen LogP contribution in [0.15, 0.2) is 12.1 Å². The number of nitrogens with two attached hydrogens (primary N) is 1. The maximum atomic E-state index is 13.2. The van der Waals surface area contributed by atoms with E-state index in [0.29, 0.717) is 17.9 Å². The van der Waals surface area contributed by atoms with E-state index in [-0.39, 0.29) is 11.9 Å². The summed E-state index contributed by atoms with van der Waals surface area (Å²) >= 11 is 0. The number of rotatable bonds is 0. The molecule has 1 aromatic rings. The fourth-order valence-electron chi connectivity index (χ4n) is 1.46. The van der Waals surface area contributed by atoms with Crippen molar-refractivity contribution in [1.82, 2.24) is 0 Å². The number of benzene rings is 1. The lowest BCUT2D eigenvalue weighted by atomic mass is 10.1. The van der Waals surface area contributed by atoms with Crippen molar-refractivity contribution in [1.29, 1.82) is 0 Å². The summed E-state index contributed by atoms with van der Waals surface area (Å²) in [6.07, 6.45) is 0. The van der Waals surface area contributed by atoms with Gasteiger partial charge in [0.2, 0.25) is 0 Å². The summed E-state index contributed by atoms with van der Waals surface area (Å²) in [7, 11) is 0. The van der Waals surface area contributed by atoms with Gasteiger partial charge in [-0.1, -0.05) is 0 Å². The SMILES string of the molecule is Cc1cc(F)c2c(c1)OCC2N. The van der Waals surface area contributed by atoms with Crippen LogP contribution in [0.3, 0.4) is 0 Å². The van der Waals surface area contributed by atoms with E-state index in [2.05, 4.69) is 0 Å². The third-order valence-corrected chi connectivity index (χ3v) is 2.03. The van der Waals surface area contributed by atoms with E-state index < -0.39 is 0 Å². The molecule has 2 N–H and O–H groups in total. The molecule has 0 amide bonds. The van der Waals surface area contributed by atoms with Gasteiger partial charge < -0.3 is 10.5 Å². The first-order valence-electron chi connectivity index (χ1n) is 3.87. The summed E-state index contributed by atoms with van der Waals surface area (Å²) in [6, 6.07) is 2.99. The molecular weight excluding hydrogens is 157 g/mol. The number of fused-ring (bicyclic) bond motifs is 1. The highest BCUT2D eigenvalue weighted by molar-refractivity contribution is 5.43. The Morgan fingerprint density at radius 3 is 3.08 bits per heavy atom. The van der Waals surface area contributed by atoms with Gasteiger partial charge in [0.15, 0.2) is 0 Å². The first kappa shape index (κ1) is 7.55. The molecule has 3 heteroatoms. The largest absolute Gasteiger partial charge is 0.491 e.